The summed E-state index contributed by atoms with van der Waals surface area (Å²) in [6, 6.07) is 1.78. The molecule has 2 aromatic rings. The number of aromatic nitrogens is 3. The number of pyridine rings is 1. The number of carbonyl (C=O) groups excluding carboxylic acids is 1. The van der Waals surface area contributed by atoms with E-state index in [9.17, 15) is 14.7 Å². The Morgan fingerprint density at radius 1 is 1.38 bits per heavy atom. The molecule has 1 saturated carbocycles. The molecule has 2 unspecified atom stereocenters. The number of carboxylic acid groups (broad SMARTS) is 1. The summed E-state index contributed by atoms with van der Waals surface area (Å²) in [7, 11) is 0. The Labute approximate surface area is 188 Å². The first-order valence-corrected chi connectivity index (χ1v) is 11.3. The quantitative estimate of drug-likeness (QED) is 0.564. The molecule has 0 aromatic carbocycles. The van der Waals surface area contributed by atoms with Crippen LogP contribution in [0.4, 0.5) is 10.6 Å². The normalized spacial score (nSPS) is 22.9. The molecular weight excluding hydrogens is 408 g/mol. The van der Waals surface area contributed by atoms with Gasteiger partial charge in [-0.05, 0) is 36.8 Å². The molecule has 1 fully saturated rings. The smallest absolute Gasteiger partial charge is 0.405 e. The van der Waals surface area contributed by atoms with Crippen LogP contribution in [0.25, 0.3) is 11.3 Å². The Hall–Kier alpha value is -3.10. The second-order valence-corrected chi connectivity index (χ2v) is 9.75. The van der Waals surface area contributed by atoms with Crippen LogP contribution in [0.2, 0.25) is 0 Å². The van der Waals surface area contributed by atoms with Gasteiger partial charge in [-0.3, -0.25) is 9.48 Å². The van der Waals surface area contributed by atoms with Gasteiger partial charge in [-0.1, -0.05) is 33.6 Å². The number of nitrogens with zero attached hydrogens (tertiary/aromatic N) is 3. The summed E-state index contributed by atoms with van der Waals surface area (Å²) in [6.07, 6.45) is 6.17. The first-order chi connectivity index (χ1) is 15.1. The number of hydrogen-bond donors (Lipinski definition) is 4. The average molecular weight is 441 g/mol. The van der Waals surface area contributed by atoms with Crippen molar-refractivity contribution in [2.24, 2.45) is 5.41 Å². The molecular formula is C23H32N6O3. The maximum atomic E-state index is 12.5. The van der Waals surface area contributed by atoms with Crippen molar-refractivity contribution in [1.29, 1.82) is 0 Å². The molecule has 0 spiro atoms. The van der Waals surface area contributed by atoms with E-state index in [1.54, 1.807) is 10.9 Å². The predicted octanol–water partition coefficient (Wildman–Crippen LogP) is 3.62. The zero-order valence-electron chi connectivity index (χ0n) is 19.2. The summed E-state index contributed by atoms with van der Waals surface area (Å²) in [4.78, 5) is 29.1. The number of amides is 2. The second-order valence-electron chi connectivity index (χ2n) is 9.75. The Balaban J connectivity index is 1.76. The van der Waals surface area contributed by atoms with Crippen LogP contribution in [0, 0.1) is 5.41 Å². The van der Waals surface area contributed by atoms with Crippen molar-refractivity contribution in [2.75, 3.05) is 5.32 Å². The summed E-state index contributed by atoms with van der Waals surface area (Å²) in [5, 5.41) is 23.3. The van der Waals surface area contributed by atoms with Gasteiger partial charge in [0.1, 0.15) is 5.82 Å². The summed E-state index contributed by atoms with van der Waals surface area (Å²) in [5.74, 6) is 0.514. The van der Waals surface area contributed by atoms with Crippen molar-refractivity contribution >= 4 is 17.8 Å². The van der Waals surface area contributed by atoms with Crippen LogP contribution in [-0.2, 0) is 13.1 Å². The van der Waals surface area contributed by atoms with Gasteiger partial charge in [0.25, 0.3) is 5.91 Å². The van der Waals surface area contributed by atoms with Gasteiger partial charge in [0.2, 0.25) is 0 Å². The summed E-state index contributed by atoms with van der Waals surface area (Å²) in [6.45, 7) is 9.40. The van der Waals surface area contributed by atoms with Crippen LogP contribution in [0.3, 0.4) is 0 Å². The topological polar surface area (TPSA) is 121 Å². The number of rotatable bonds is 5. The van der Waals surface area contributed by atoms with Crippen LogP contribution < -0.4 is 16.0 Å². The highest BCUT2D eigenvalue weighted by Crippen LogP contribution is 2.43. The molecule has 9 heteroatoms. The van der Waals surface area contributed by atoms with Crippen LogP contribution in [-0.4, -0.2) is 43.5 Å². The lowest BCUT2D eigenvalue weighted by Crippen LogP contribution is -2.67. The van der Waals surface area contributed by atoms with Gasteiger partial charge in [-0.2, -0.15) is 5.10 Å². The number of nitrogens with one attached hydrogen (secondary N) is 3. The van der Waals surface area contributed by atoms with Crippen LogP contribution in [0.5, 0.6) is 0 Å². The fraction of sp³-hybridized carbons (Fsp3) is 0.565. The molecule has 1 aliphatic carbocycles. The fourth-order valence-corrected chi connectivity index (χ4v) is 5.17. The van der Waals surface area contributed by atoms with Crippen molar-refractivity contribution in [3.63, 3.8) is 0 Å². The molecule has 9 nitrogen and oxygen atoms in total. The number of aryl methyl sites for hydroxylation is 1. The zero-order chi connectivity index (χ0) is 23.1. The number of anilines is 1. The maximum Gasteiger partial charge on any atom is 0.405 e. The summed E-state index contributed by atoms with van der Waals surface area (Å²) < 4.78 is 1.80. The van der Waals surface area contributed by atoms with Crippen molar-refractivity contribution in [3.8, 4) is 11.3 Å². The van der Waals surface area contributed by atoms with E-state index in [1.807, 2.05) is 19.2 Å². The van der Waals surface area contributed by atoms with Gasteiger partial charge in [-0.25, -0.2) is 9.78 Å². The van der Waals surface area contributed by atoms with E-state index in [0.29, 0.717) is 23.6 Å². The molecule has 0 radical (unpaired) electrons. The number of hydrogen-bond acceptors (Lipinski definition) is 5. The highest BCUT2D eigenvalue weighted by Gasteiger charge is 2.50. The van der Waals surface area contributed by atoms with Crippen molar-refractivity contribution in [2.45, 2.75) is 78.0 Å². The first-order valence-electron chi connectivity index (χ1n) is 11.3. The van der Waals surface area contributed by atoms with E-state index in [2.05, 4.69) is 41.8 Å². The Kier molecular flexibility index (Phi) is 5.60. The zero-order valence-corrected chi connectivity index (χ0v) is 19.2. The van der Waals surface area contributed by atoms with E-state index in [1.165, 1.54) is 0 Å². The van der Waals surface area contributed by atoms with Gasteiger partial charge >= 0.3 is 6.09 Å². The minimum atomic E-state index is -1.02. The molecule has 3 heterocycles. The SMILES string of the molecule is CCn1cc(-c2nc(NC3CCCCC3(NC(=O)O)C(C)(C)C)cc3c2C(=O)NC3)cn1. The van der Waals surface area contributed by atoms with E-state index >= 15 is 0 Å². The Morgan fingerprint density at radius 3 is 2.81 bits per heavy atom. The molecule has 2 aromatic heterocycles. The van der Waals surface area contributed by atoms with E-state index in [-0.39, 0.29) is 17.4 Å². The molecule has 1 aliphatic heterocycles. The third-order valence-electron chi connectivity index (χ3n) is 6.90. The molecule has 4 N–H and O–H groups in total. The monoisotopic (exact) mass is 440 g/mol. The average Bonchev–Trinajstić information content (AvgIpc) is 3.35. The van der Waals surface area contributed by atoms with Crippen LogP contribution >= 0.6 is 0 Å². The summed E-state index contributed by atoms with van der Waals surface area (Å²) >= 11 is 0. The lowest BCUT2D eigenvalue weighted by atomic mass is 9.63. The molecule has 0 bridgehead atoms. The first kappa shape index (κ1) is 22.1. The van der Waals surface area contributed by atoms with Crippen molar-refractivity contribution in [3.05, 3.63) is 29.6 Å². The van der Waals surface area contributed by atoms with Crippen molar-refractivity contribution < 1.29 is 14.7 Å². The molecule has 2 aliphatic rings. The van der Waals surface area contributed by atoms with Gasteiger partial charge in [-0.15, -0.1) is 0 Å². The second kappa shape index (κ2) is 8.11. The highest BCUT2D eigenvalue weighted by molar-refractivity contribution is 6.04. The number of carbonyl (C=O) groups is 2. The molecule has 4 rings (SSSR count). The molecule has 0 saturated heterocycles. The molecule has 172 valence electrons. The lowest BCUT2D eigenvalue weighted by molar-refractivity contribution is 0.0720. The van der Waals surface area contributed by atoms with E-state index in [0.717, 1.165) is 43.4 Å². The largest absolute Gasteiger partial charge is 0.465 e. The number of fused-ring (bicyclic) bond motifs is 1. The van der Waals surface area contributed by atoms with E-state index < -0.39 is 11.6 Å². The Bertz CT molecular complexity index is 1040. The predicted molar refractivity (Wildman–Crippen MR) is 122 cm³/mol. The minimum absolute atomic E-state index is 0.130. The van der Waals surface area contributed by atoms with Crippen LogP contribution in [0.15, 0.2) is 18.5 Å². The molecule has 32 heavy (non-hydrogen) atoms. The molecule has 2 atom stereocenters. The standard InChI is InChI=1S/C23H32N6O3/c1-5-29-13-15(12-25-29)19-18-14(11-24-20(18)30)10-17(27-19)26-16-8-6-7-9-23(16,22(2,3)4)28-21(31)32/h10,12-13,16,28H,5-9,11H2,1-4H3,(H,24,30)(H,26,27)(H,31,32). The molecule has 2 amide bonds. The highest BCUT2D eigenvalue weighted by atomic mass is 16.4. The summed E-state index contributed by atoms with van der Waals surface area (Å²) in [5.41, 5.74) is 1.92. The van der Waals surface area contributed by atoms with E-state index in [4.69, 9.17) is 4.98 Å². The third-order valence-corrected chi connectivity index (χ3v) is 6.90. The van der Waals surface area contributed by atoms with Gasteiger partial charge < -0.3 is 21.1 Å². The Morgan fingerprint density at radius 2 is 2.16 bits per heavy atom. The lowest BCUT2D eigenvalue weighted by Gasteiger charge is -2.52. The maximum absolute atomic E-state index is 12.5. The van der Waals surface area contributed by atoms with Gasteiger partial charge in [0.05, 0.1) is 29.0 Å². The third kappa shape index (κ3) is 3.80. The minimum Gasteiger partial charge on any atom is -0.465 e. The van der Waals surface area contributed by atoms with Crippen molar-refractivity contribution in [1.82, 2.24) is 25.4 Å². The fourth-order valence-electron chi connectivity index (χ4n) is 5.17. The van der Waals surface area contributed by atoms with Crippen LogP contribution in [0.1, 0.15) is 69.3 Å². The van der Waals surface area contributed by atoms with Gasteiger partial charge in [0.15, 0.2) is 0 Å². The van der Waals surface area contributed by atoms with Gasteiger partial charge in [0, 0.05) is 24.8 Å².